The van der Waals surface area contributed by atoms with E-state index in [4.69, 9.17) is 9.47 Å². The first-order chi connectivity index (χ1) is 15.7. The summed E-state index contributed by atoms with van der Waals surface area (Å²) >= 11 is 3.29. The molecule has 0 aromatic heterocycles. The molecule has 0 radical (unpaired) electrons. The fourth-order valence-electron chi connectivity index (χ4n) is 3.27. The van der Waals surface area contributed by atoms with Crippen molar-refractivity contribution in [2.45, 2.75) is 50.0 Å². The van der Waals surface area contributed by atoms with Crippen LogP contribution in [0.4, 0.5) is 23.7 Å². The van der Waals surface area contributed by atoms with Gasteiger partial charge in [0.1, 0.15) is 17.5 Å². The number of carbonyl (C=O) groups is 1. The molecule has 34 heavy (non-hydrogen) atoms. The molecular weight excluding hydrogens is 541 g/mol. The number of amides is 1. The van der Waals surface area contributed by atoms with Crippen LogP contribution in [-0.4, -0.2) is 39.3 Å². The van der Waals surface area contributed by atoms with Crippen molar-refractivity contribution in [1.82, 2.24) is 5.32 Å². The Morgan fingerprint density at radius 2 is 1.91 bits per heavy atom. The normalized spacial score (nSPS) is 16.4. The topological polar surface area (TPSA) is 84.9 Å². The molecule has 1 N–H and O–H groups in total. The summed E-state index contributed by atoms with van der Waals surface area (Å²) in [7, 11) is -4.35. The first-order valence-corrected chi connectivity index (χ1v) is 12.5. The Morgan fingerprint density at radius 3 is 2.56 bits per heavy atom. The Bertz CT molecular complexity index is 1170. The van der Waals surface area contributed by atoms with E-state index < -0.39 is 44.5 Å². The highest BCUT2D eigenvalue weighted by Gasteiger charge is 2.37. The van der Waals surface area contributed by atoms with E-state index in [1.165, 1.54) is 6.07 Å². The fraction of sp³-hybridized carbons (Fsp3) is 0.409. The molecule has 1 amide bonds. The van der Waals surface area contributed by atoms with E-state index in [1.807, 2.05) is 0 Å². The molecule has 12 heteroatoms. The Kier molecular flexibility index (Phi) is 7.42. The third kappa shape index (κ3) is 6.35. The summed E-state index contributed by atoms with van der Waals surface area (Å²) in [6.07, 6.45) is -5.73. The lowest BCUT2D eigenvalue weighted by Gasteiger charge is -2.35. The summed E-state index contributed by atoms with van der Waals surface area (Å²) in [6, 6.07) is 8.36. The standard InChI is InChI=1S/C22H24BrF3N2O5S/c1-21(2,3)33-20(29)27-10-9-16-13-28(18-12-15(23)7-8-19(18)32-16)34(30,31)17-6-4-5-14(11-17)22(24,25)26/h4-8,11-12,16H,9-10,13H2,1-3H3,(H,27,29). The monoisotopic (exact) mass is 564 g/mol. The molecule has 0 fully saturated rings. The second kappa shape index (κ2) is 9.65. The number of hydrogen-bond donors (Lipinski definition) is 1. The molecule has 186 valence electrons. The number of benzene rings is 2. The Labute approximate surface area is 204 Å². The van der Waals surface area contributed by atoms with Crippen molar-refractivity contribution in [3.05, 3.63) is 52.5 Å². The van der Waals surface area contributed by atoms with E-state index in [-0.39, 0.29) is 30.9 Å². The summed E-state index contributed by atoms with van der Waals surface area (Å²) in [6.45, 7) is 5.16. The van der Waals surface area contributed by atoms with Gasteiger partial charge in [0.15, 0.2) is 0 Å². The average Bonchev–Trinajstić information content (AvgIpc) is 2.71. The van der Waals surface area contributed by atoms with Gasteiger partial charge in [-0.05, 0) is 57.2 Å². The minimum Gasteiger partial charge on any atom is -0.486 e. The van der Waals surface area contributed by atoms with Crippen LogP contribution in [-0.2, 0) is 20.9 Å². The number of ether oxygens (including phenoxy) is 2. The van der Waals surface area contributed by atoms with Crippen LogP contribution in [0, 0.1) is 0 Å². The maximum atomic E-state index is 13.4. The molecule has 0 spiro atoms. The summed E-state index contributed by atoms with van der Waals surface area (Å²) < 4.78 is 79.1. The van der Waals surface area contributed by atoms with Crippen LogP contribution in [0.1, 0.15) is 32.8 Å². The number of nitrogens with zero attached hydrogens (tertiary/aromatic N) is 1. The Balaban J connectivity index is 1.86. The molecule has 0 bridgehead atoms. The molecule has 1 atom stereocenters. The molecule has 0 saturated carbocycles. The van der Waals surface area contributed by atoms with Gasteiger partial charge in [-0.2, -0.15) is 13.2 Å². The molecule has 2 aromatic rings. The molecule has 1 aliphatic heterocycles. The van der Waals surface area contributed by atoms with E-state index in [9.17, 15) is 26.4 Å². The van der Waals surface area contributed by atoms with Crippen molar-refractivity contribution in [1.29, 1.82) is 0 Å². The number of anilines is 1. The van der Waals surface area contributed by atoms with Crippen molar-refractivity contribution in [3.63, 3.8) is 0 Å². The zero-order chi connectivity index (χ0) is 25.3. The van der Waals surface area contributed by atoms with Gasteiger partial charge in [-0.15, -0.1) is 0 Å². The fourth-order valence-corrected chi connectivity index (χ4v) is 5.17. The third-order valence-corrected chi connectivity index (χ3v) is 7.01. The van der Waals surface area contributed by atoms with Crippen LogP contribution in [0.15, 0.2) is 51.8 Å². The molecular formula is C22H24BrF3N2O5S. The molecule has 1 unspecified atom stereocenters. The lowest BCUT2D eigenvalue weighted by molar-refractivity contribution is -0.137. The number of hydrogen-bond acceptors (Lipinski definition) is 5. The number of fused-ring (bicyclic) bond motifs is 1. The molecule has 3 rings (SSSR count). The van der Waals surface area contributed by atoms with Gasteiger partial charge < -0.3 is 14.8 Å². The van der Waals surface area contributed by atoms with Crippen molar-refractivity contribution in [3.8, 4) is 5.75 Å². The van der Waals surface area contributed by atoms with Crippen molar-refractivity contribution in [2.24, 2.45) is 0 Å². The maximum absolute atomic E-state index is 13.4. The van der Waals surface area contributed by atoms with E-state index >= 15 is 0 Å². The van der Waals surface area contributed by atoms with Gasteiger partial charge in [-0.1, -0.05) is 22.0 Å². The largest absolute Gasteiger partial charge is 0.486 e. The van der Waals surface area contributed by atoms with Crippen LogP contribution in [0.25, 0.3) is 0 Å². The first kappa shape index (κ1) is 26.1. The van der Waals surface area contributed by atoms with Crippen molar-refractivity contribution >= 4 is 37.7 Å². The predicted octanol–water partition coefficient (Wildman–Crippen LogP) is 5.34. The molecule has 1 aliphatic rings. The molecule has 0 saturated heterocycles. The number of nitrogens with one attached hydrogen (secondary N) is 1. The SMILES string of the molecule is CC(C)(C)OC(=O)NCCC1CN(S(=O)(=O)c2cccc(C(F)(F)F)c2)c2cc(Br)ccc2O1. The highest BCUT2D eigenvalue weighted by Crippen LogP contribution is 2.40. The first-order valence-electron chi connectivity index (χ1n) is 10.3. The van der Waals surface area contributed by atoms with Gasteiger partial charge >= 0.3 is 12.3 Å². The van der Waals surface area contributed by atoms with Gasteiger partial charge in [-0.25, -0.2) is 13.2 Å². The van der Waals surface area contributed by atoms with E-state index in [1.54, 1.807) is 32.9 Å². The van der Waals surface area contributed by atoms with Crippen LogP contribution in [0.5, 0.6) is 5.75 Å². The minimum atomic E-state index is -4.69. The van der Waals surface area contributed by atoms with Crippen LogP contribution < -0.4 is 14.4 Å². The second-order valence-electron chi connectivity index (χ2n) is 8.63. The summed E-state index contributed by atoms with van der Waals surface area (Å²) in [5.41, 5.74) is -1.54. The number of alkyl carbamates (subject to hydrolysis) is 1. The lowest BCUT2D eigenvalue weighted by Crippen LogP contribution is -2.45. The van der Waals surface area contributed by atoms with Gasteiger partial charge in [0, 0.05) is 17.4 Å². The second-order valence-corrected chi connectivity index (χ2v) is 11.4. The number of halogens is 4. The third-order valence-electron chi connectivity index (χ3n) is 4.74. The van der Waals surface area contributed by atoms with E-state index in [2.05, 4.69) is 21.2 Å². The number of carbonyl (C=O) groups excluding carboxylic acids is 1. The lowest BCUT2D eigenvalue weighted by atomic mass is 10.2. The number of alkyl halides is 3. The summed E-state index contributed by atoms with van der Waals surface area (Å²) in [5, 5.41) is 2.59. The molecule has 1 heterocycles. The number of rotatable bonds is 5. The highest BCUT2D eigenvalue weighted by atomic mass is 79.9. The maximum Gasteiger partial charge on any atom is 0.416 e. The number of sulfonamides is 1. The minimum absolute atomic E-state index is 0.142. The Morgan fingerprint density at radius 1 is 1.21 bits per heavy atom. The quantitative estimate of drug-likeness (QED) is 0.530. The van der Waals surface area contributed by atoms with Crippen LogP contribution in [0.2, 0.25) is 0 Å². The summed E-state index contributed by atoms with van der Waals surface area (Å²) in [5.74, 6) is 0.257. The molecule has 2 aromatic carbocycles. The smallest absolute Gasteiger partial charge is 0.416 e. The van der Waals surface area contributed by atoms with Crippen LogP contribution >= 0.6 is 15.9 Å². The van der Waals surface area contributed by atoms with E-state index in [0.29, 0.717) is 10.5 Å². The predicted molar refractivity (Wildman–Crippen MR) is 123 cm³/mol. The van der Waals surface area contributed by atoms with Gasteiger partial charge in [-0.3, -0.25) is 4.31 Å². The molecule has 7 nitrogen and oxygen atoms in total. The van der Waals surface area contributed by atoms with Crippen LogP contribution in [0.3, 0.4) is 0 Å². The highest BCUT2D eigenvalue weighted by molar-refractivity contribution is 9.10. The van der Waals surface area contributed by atoms with Gasteiger partial charge in [0.05, 0.1) is 22.7 Å². The zero-order valence-corrected chi connectivity index (χ0v) is 21.1. The van der Waals surface area contributed by atoms with E-state index in [0.717, 1.165) is 22.5 Å². The van der Waals surface area contributed by atoms with Crippen molar-refractivity contribution < 1.29 is 35.9 Å². The van der Waals surface area contributed by atoms with Crippen molar-refractivity contribution in [2.75, 3.05) is 17.4 Å². The van der Waals surface area contributed by atoms with Gasteiger partial charge in [0.2, 0.25) is 0 Å². The van der Waals surface area contributed by atoms with Gasteiger partial charge in [0.25, 0.3) is 10.0 Å². The zero-order valence-electron chi connectivity index (χ0n) is 18.6. The summed E-state index contributed by atoms with van der Waals surface area (Å²) in [4.78, 5) is 11.4. The Hall–Kier alpha value is -2.47. The average molecular weight is 565 g/mol. The molecule has 0 aliphatic carbocycles.